The van der Waals surface area contributed by atoms with Crippen LogP contribution in [0.1, 0.15) is 15.9 Å². The monoisotopic (exact) mass is 336 g/mol. The Kier molecular flexibility index (Phi) is 5.33. The number of primary amides is 1. The molecule has 23 heavy (non-hydrogen) atoms. The summed E-state index contributed by atoms with van der Waals surface area (Å²) in [6.45, 7) is 1.49. The number of carbonyl (C=O) groups excluding carboxylic acids is 2. The first-order valence-electron chi connectivity index (χ1n) is 6.65. The van der Waals surface area contributed by atoms with Crippen molar-refractivity contribution in [2.24, 2.45) is 5.73 Å². The van der Waals surface area contributed by atoms with Crippen LogP contribution in [0.5, 0.6) is 0 Å². The molecule has 7 heteroatoms. The molecule has 0 aliphatic carbocycles. The second kappa shape index (κ2) is 7.23. The third kappa shape index (κ3) is 4.53. The molecule has 0 radical (unpaired) electrons. The van der Waals surface area contributed by atoms with Crippen molar-refractivity contribution in [1.29, 1.82) is 0 Å². The second-order valence-corrected chi connectivity index (χ2v) is 5.83. The lowest BCUT2D eigenvalue weighted by Gasteiger charge is -2.10. The maximum Gasteiger partial charge on any atom is 0.248 e. The van der Waals surface area contributed by atoms with Crippen LogP contribution in [-0.2, 0) is 4.79 Å². The van der Waals surface area contributed by atoms with Crippen LogP contribution in [0.25, 0.3) is 0 Å². The predicted octanol–water partition coefficient (Wildman–Crippen LogP) is 3.10. The van der Waals surface area contributed by atoms with Gasteiger partial charge >= 0.3 is 0 Å². The van der Waals surface area contributed by atoms with Crippen LogP contribution >= 0.6 is 11.8 Å². The van der Waals surface area contributed by atoms with Gasteiger partial charge in [-0.15, -0.1) is 11.8 Å². The summed E-state index contributed by atoms with van der Waals surface area (Å²) in [4.78, 5) is 23.8. The van der Waals surface area contributed by atoms with Gasteiger partial charge in [0, 0.05) is 21.7 Å². The number of amides is 2. The van der Waals surface area contributed by atoms with E-state index in [0.29, 0.717) is 0 Å². The fourth-order valence-electron chi connectivity index (χ4n) is 1.82. The first kappa shape index (κ1) is 17.0. The lowest BCUT2D eigenvalue weighted by molar-refractivity contribution is -0.113. The number of carbonyl (C=O) groups is 2. The Bertz CT molecular complexity index is 748. The highest BCUT2D eigenvalue weighted by molar-refractivity contribution is 8.00. The van der Waals surface area contributed by atoms with Crippen molar-refractivity contribution in [3.05, 3.63) is 59.2 Å². The number of halogens is 2. The van der Waals surface area contributed by atoms with Crippen molar-refractivity contribution in [3.8, 4) is 0 Å². The van der Waals surface area contributed by atoms with Crippen LogP contribution in [0.15, 0.2) is 41.3 Å². The van der Waals surface area contributed by atoms with Crippen LogP contribution in [0.3, 0.4) is 0 Å². The summed E-state index contributed by atoms with van der Waals surface area (Å²) in [7, 11) is 0. The summed E-state index contributed by atoms with van der Waals surface area (Å²) >= 11 is 1.21. The summed E-state index contributed by atoms with van der Waals surface area (Å²) in [5.74, 6) is -2.06. The molecule has 4 nitrogen and oxygen atoms in total. The molecule has 0 saturated carbocycles. The zero-order valence-electron chi connectivity index (χ0n) is 12.2. The van der Waals surface area contributed by atoms with E-state index in [1.807, 2.05) is 0 Å². The van der Waals surface area contributed by atoms with E-state index in [4.69, 9.17) is 5.73 Å². The molecular formula is C16H14F2N2O2S. The van der Waals surface area contributed by atoms with E-state index in [-0.39, 0.29) is 34.3 Å². The van der Waals surface area contributed by atoms with Crippen molar-refractivity contribution in [2.75, 3.05) is 11.1 Å². The van der Waals surface area contributed by atoms with Crippen LogP contribution in [0.2, 0.25) is 0 Å². The minimum absolute atomic E-state index is 0.0189. The van der Waals surface area contributed by atoms with Gasteiger partial charge in [-0.05, 0) is 43.3 Å². The number of anilines is 1. The smallest absolute Gasteiger partial charge is 0.248 e. The molecule has 0 atom stereocenters. The summed E-state index contributed by atoms with van der Waals surface area (Å²) in [6.07, 6.45) is 0. The van der Waals surface area contributed by atoms with Gasteiger partial charge in [0.15, 0.2) is 0 Å². The van der Waals surface area contributed by atoms with Crippen molar-refractivity contribution >= 4 is 29.3 Å². The van der Waals surface area contributed by atoms with Crippen molar-refractivity contribution in [1.82, 2.24) is 0 Å². The number of hydrogen-bond donors (Lipinski definition) is 2. The first-order chi connectivity index (χ1) is 10.9. The first-order valence-corrected chi connectivity index (χ1v) is 7.63. The molecule has 120 valence electrons. The maximum absolute atomic E-state index is 13.7. The fourth-order valence-corrected chi connectivity index (χ4v) is 2.52. The van der Waals surface area contributed by atoms with Crippen molar-refractivity contribution < 1.29 is 18.4 Å². The summed E-state index contributed by atoms with van der Waals surface area (Å²) < 4.78 is 26.5. The lowest BCUT2D eigenvalue weighted by Crippen LogP contribution is -2.17. The summed E-state index contributed by atoms with van der Waals surface area (Å²) in [5, 5.41) is 2.55. The quantitative estimate of drug-likeness (QED) is 0.824. The molecule has 3 N–H and O–H groups in total. The van der Waals surface area contributed by atoms with Crippen molar-refractivity contribution in [3.63, 3.8) is 0 Å². The van der Waals surface area contributed by atoms with Crippen molar-refractivity contribution in [2.45, 2.75) is 11.8 Å². The normalized spacial score (nSPS) is 10.4. The summed E-state index contributed by atoms with van der Waals surface area (Å²) in [6, 6.07) is 8.09. The lowest BCUT2D eigenvalue weighted by atomic mass is 10.1. The van der Waals surface area contributed by atoms with Gasteiger partial charge in [0.25, 0.3) is 0 Å². The Morgan fingerprint density at radius 1 is 1.17 bits per heavy atom. The highest BCUT2D eigenvalue weighted by atomic mass is 32.2. The van der Waals surface area contributed by atoms with E-state index < -0.39 is 11.7 Å². The van der Waals surface area contributed by atoms with Gasteiger partial charge in [0.2, 0.25) is 11.8 Å². The molecule has 0 aliphatic rings. The minimum atomic E-state index is -0.778. The number of thioether (sulfide) groups is 1. The average Bonchev–Trinajstić information content (AvgIpc) is 2.51. The molecule has 0 fully saturated rings. The number of nitrogens with one attached hydrogen (secondary N) is 1. The van der Waals surface area contributed by atoms with Gasteiger partial charge in [0.1, 0.15) is 11.6 Å². The van der Waals surface area contributed by atoms with E-state index in [2.05, 4.69) is 5.32 Å². The average molecular weight is 336 g/mol. The Hall–Kier alpha value is -2.41. The van der Waals surface area contributed by atoms with Crippen LogP contribution in [-0.4, -0.2) is 17.6 Å². The third-order valence-electron chi connectivity index (χ3n) is 3.09. The molecule has 2 amide bonds. The van der Waals surface area contributed by atoms with E-state index in [9.17, 15) is 18.4 Å². The van der Waals surface area contributed by atoms with Gasteiger partial charge < -0.3 is 11.1 Å². The van der Waals surface area contributed by atoms with E-state index in [1.165, 1.54) is 36.9 Å². The van der Waals surface area contributed by atoms with E-state index >= 15 is 0 Å². The molecule has 0 spiro atoms. The number of benzene rings is 2. The van der Waals surface area contributed by atoms with Gasteiger partial charge in [0.05, 0.1) is 5.75 Å². The molecule has 2 aromatic rings. The molecule has 0 aliphatic heterocycles. The van der Waals surface area contributed by atoms with Gasteiger partial charge in [-0.1, -0.05) is 0 Å². The topological polar surface area (TPSA) is 72.2 Å². The second-order valence-electron chi connectivity index (χ2n) is 4.79. The Morgan fingerprint density at radius 3 is 2.43 bits per heavy atom. The molecule has 0 bridgehead atoms. The molecule has 0 unspecified atom stereocenters. The Balaban J connectivity index is 2.05. The molecule has 0 heterocycles. The molecule has 0 aromatic heterocycles. The summed E-state index contributed by atoms with van der Waals surface area (Å²) in [5.41, 5.74) is 5.52. The molecule has 2 rings (SSSR count). The third-order valence-corrected chi connectivity index (χ3v) is 4.10. The number of rotatable bonds is 5. The highest BCUT2D eigenvalue weighted by Gasteiger charge is 2.13. The molecule has 0 saturated heterocycles. The number of nitrogens with two attached hydrogens (primary N) is 1. The SMILES string of the molecule is Cc1c(F)cc(C(N)=O)cc1NC(=O)CSc1ccc(F)cc1. The van der Waals surface area contributed by atoms with Crippen LogP contribution in [0.4, 0.5) is 14.5 Å². The molecule has 2 aromatic carbocycles. The van der Waals surface area contributed by atoms with Gasteiger partial charge in [-0.25, -0.2) is 8.78 Å². The van der Waals surface area contributed by atoms with E-state index in [1.54, 1.807) is 12.1 Å². The number of hydrogen-bond acceptors (Lipinski definition) is 3. The van der Waals surface area contributed by atoms with Gasteiger partial charge in [-0.3, -0.25) is 9.59 Å². The standard InChI is InChI=1S/C16H14F2N2O2S/c1-9-13(18)6-10(16(19)22)7-14(9)20-15(21)8-23-12-4-2-11(17)3-5-12/h2-7H,8H2,1H3,(H2,19,22)(H,20,21). The predicted molar refractivity (Wildman–Crippen MR) is 85.4 cm³/mol. The highest BCUT2D eigenvalue weighted by Crippen LogP contribution is 2.22. The minimum Gasteiger partial charge on any atom is -0.366 e. The Labute approximate surface area is 136 Å². The Morgan fingerprint density at radius 2 is 1.83 bits per heavy atom. The van der Waals surface area contributed by atoms with E-state index in [0.717, 1.165) is 11.0 Å². The van der Waals surface area contributed by atoms with Crippen LogP contribution < -0.4 is 11.1 Å². The van der Waals surface area contributed by atoms with Crippen LogP contribution in [0, 0.1) is 18.6 Å². The van der Waals surface area contributed by atoms with Gasteiger partial charge in [-0.2, -0.15) is 0 Å². The fraction of sp³-hybridized carbons (Fsp3) is 0.125. The molecular weight excluding hydrogens is 322 g/mol. The maximum atomic E-state index is 13.7. The zero-order chi connectivity index (χ0) is 17.0. The largest absolute Gasteiger partial charge is 0.366 e. The zero-order valence-corrected chi connectivity index (χ0v) is 13.0.